The molecule has 1 fully saturated rings. The maximum atomic E-state index is 9.89. The zero-order valence-electron chi connectivity index (χ0n) is 11.1. The SMILES string of the molecule is CC(C)OCC(O)CN1CCCC(C)C1C. The van der Waals surface area contributed by atoms with Gasteiger partial charge in [0.05, 0.1) is 18.8 Å². The lowest BCUT2D eigenvalue weighted by molar-refractivity contribution is -0.0220. The number of hydrogen-bond donors (Lipinski definition) is 1. The lowest BCUT2D eigenvalue weighted by Crippen LogP contribution is -2.46. The minimum absolute atomic E-state index is 0.201. The number of aliphatic hydroxyl groups is 1. The van der Waals surface area contributed by atoms with Crippen LogP contribution >= 0.6 is 0 Å². The second-order valence-corrected chi connectivity index (χ2v) is 5.39. The van der Waals surface area contributed by atoms with Gasteiger partial charge < -0.3 is 9.84 Å². The van der Waals surface area contributed by atoms with Gasteiger partial charge in [0.25, 0.3) is 0 Å². The van der Waals surface area contributed by atoms with Crippen LogP contribution in [0.1, 0.15) is 40.5 Å². The van der Waals surface area contributed by atoms with Crippen LogP contribution in [0, 0.1) is 5.92 Å². The van der Waals surface area contributed by atoms with Crippen molar-refractivity contribution in [3.05, 3.63) is 0 Å². The molecule has 3 unspecified atom stereocenters. The van der Waals surface area contributed by atoms with Gasteiger partial charge in [0.1, 0.15) is 0 Å². The van der Waals surface area contributed by atoms with Crippen molar-refractivity contribution >= 4 is 0 Å². The Morgan fingerprint density at radius 3 is 2.69 bits per heavy atom. The van der Waals surface area contributed by atoms with Crippen molar-refractivity contribution in [3.8, 4) is 0 Å². The summed E-state index contributed by atoms with van der Waals surface area (Å²) in [6, 6.07) is 0.586. The third-order valence-corrected chi connectivity index (χ3v) is 3.57. The molecule has 1 rings (SSSR count). The molecule has 1 aliphatic rings. The van der Waals surface area contributed by atoms with E-state index < -0.39 is 0 Å². The number of aliphatic hydroxyl groups excluding tert-OH is 1. The average molecular weight is 229 g/mol. The topological polar surface area (TPSA) is 32.7 Å². The first-order chi connectivity index (χ1) is 7.50. The monoisotopic (exact) mass is 229 g/mol. The molecule has 0 spiro atoms. The minimum Gasteiger partial charge on any atom is -0.389 e. The molecule has 0 aromatic carbocycles. The summed E-state index contributed by atoms with van der Waals surface area (Å²) >= 11 is 0. The van der Waals surface area contributed by atoms with E-state index in [2.05, 4.69) is 18.7 Å². The second kappa shape index (κ2) is 6.58. The highest BCUT2D eigenvalue weighted by molar-refractivity contribution is 4.80. The summed E-state index contributed by atoms with van der Waals surface area (Å²) in [7, 11) is 0. The Kier molecular flexibility index (Phi) is 5.73. The fourth-order valence-corrected chi connectivity index (χ4v) is 2.31. The summed E-state index contributed by atoms with van der Waals surface area (Å²) in [4.78, 5) is 2.39. The van der Waals surface area contributed by atoms with Crippen molar-refractivity contribution in [2.45, 2.75) is 58.8 Å². The van der Waals surface area contributed by atoms with Crippen molar-refractivity contribution in [2.24, 2.45) is 5.92 Å². The molecule has 96 valence electrons. The number of nitrogens with zero attached hydrogens (tertiary/aromatic N) is 1. The first-order valence-corrected chi connectivity index (χ1v) is 6.54. The van der Waals surface area contributed by atoms with Gasteiger partial charge in [-0.1, -0.05) is 6.92 Å². The lowest BCUT2D eigenvalue weighted by atomic mass is 9.92. The fourth-order valence-electron chi connectivity index (χ4n) is 2.31. The van der Waals surface area contributed by atoms with E-state index in [-0.39, 0.29) is 12.2 Å². The molecule has 3 heteroatoms. The van der Waals surface area contributed by atoms with Crippen LogP contribution in [0.3, 0.4) is 0 Å². The smallest absolute Gasteiger partial charge is 0.0900 e. The summed E-state index contributed by atoms with van der Waals surface area (Å²) in [6.45, 7) is 10.9. The number of piperidine rings is 1. The zero-order valence-corrected chi connectivity index (χ0v) is 11.1. The van der Waals surface area contributed by atoms with Crippen LogP contribution in [-0.2, 0) is 4.74 Å². The molecule has 0 aromatic heterocycles. The maximum Gasteiger partial charge on any atom is 0.0900 e. The first kappa shape index (κ1) is 13.9. The van der Waals surface area contributed by atoms with Crippen LogP contribution in [0.25, 0.3) is 0 Å². The van der Waals surface area contributed by atoms with Gasteiger partial charge in [-0.15, -0.1) is 0 Å². The highest BCUT2D eigenvalue weighted by Crippen LogP contribution is 2.22. The van der Waals surface area contributed by atoms with Gasteiger partial charge in [-0.05, 0) is 46.1 Å². The van der Waals surface area contributed by atoms with E-state index >= 15 is 0 Å². The van der Waals surface area contributed by atoms with E-state index in [1.165, 1.54) is 12.8 Å². The lowest BCUT2D eigenvalue weighted by Gasteiger charge is -2.38. The van der Waals surface area contributed by atoms with E-state index in [9.17, 15) is 5.11 Å². The van der Waals surface area contributed by atoms with Crippen LogP contribution in [0.2, 0.25) is 0 Å². The van der Waals surface area contributed by atoms with Gasteiger partial charge in [0.2, 0.25) is 0 Å². The molecule has 1 saturated heterocycles. The third kappa shape index (κ3) is 4.40. The summed E-state index contributed by atoms with van der Waals surface area (Å²) in [5, 5.41) is 9.89. The molecule has 0 radical (unpaired) electrons. The minimum atomic E-state index is -0.352. The van der Waals surface area contributed by atoms with Crippen molar-refractivity contribution in [2.75, 3.05) is 19.7 Å². The fraction of sp³-hybridized carbons (Fsp3) is 1.00. The quantitative estimate of drug-likeness (QED) is 0.781. The number of hydrogen-bond acceptors (Lipinski definition) is 3. The molecule has 3 nitrogen and oxygen atoms in total. The van der Waals surface area contributed by atoms with Gasteiger partial charge in [0, 0.05) is 12.6 Å². The van der Waals surface area contributed by atoms with E-state index in [0.717, 1.165) is 19.0 Å². The maximum absolute atomic E-state index is 9.89. The molecule has 1 aliphatic heterocycles. The third-order valence-electron chi connectivity index (χ3n) is 3.57. The molecule has 0 aromatic rings. The Labute approximate surface area is 99.8 Å². The van der Waals surface area contributed by atoms with Crippen molar-refractivity contribution in [3.63, 3.8) is 0 Å². The number of β-amino-alcohol motifs (C(OH)–C–C–N with tert-alkyl or cyclic N) is 1. The molecule has 16 heavy (non-hydrogen) atoms. The normalized spacial score (nSPS) is 29.6. The first-order valence-electron chi connectivity index (χ1n) is 6.54. The standard InChI is InChI=1S/C13H27NO2/c1-10(2)16-9-13(15)8-14-7-5-6-11(3)12(14)4/h10-13,15H,5-9H2,1-4H3. The van der Waals surface area contributed by atoms with Gasteiger partial charge in [-0.3, -0.25) is 4.90 Å². The van der Waals surface area contributed by atoms with E-state index in [4.69, 9.17) is 4.74 Å². The largest absolute Gasteiger partial charge is 0.389 e. The highest BCUT2D eigenvalue weighted by atomic mass is 16.5. The summed E-state index contributed by atoms with van der Waals surface area (Å²) in [6.07, 6.45) is 2.42. The Bertz CT molecular complexity index is 196. The van der Waals surface area contributed by atoms with E-state index in [0.29, 0.717) is 12.6 Å². The second-order valence-electron chi connectivity index (χ2n) is 5.39. The highest BCUT2D eigenvalue weighted by Gasteiger charge is 2.26. The summed E-state index contributed by atoms with van der Waals surface area (Å²) < 4.78 is 5.43. The van der Waals surface area contributed by atoms with E-state index in [1.807, 2.05) is 13.8 Å². The Balaban J connectivity index is 2.29. The van der Waals surface area contributed by atoms with Gasteiger partial charge in [-0.2, -0.15) is 0 Å². The molecule has 1 heterocycles. The predicted octanol–water partition coefficient (Wildman–Crippen LogP) is 1.89. The molecular weight excluding hydrogens is 202 g/mol. The Morgan fingerprint density at radius 2 is 2.06 bits per heavy atom. The Hall–Kier alpha value is -0.120. The van der Waals surface area contributed by atoms with Crippen LogP contribution in [-0.4, -0.2) is 48.0 Å². The molecule has 0 saturated carbocycles. The Morgan fingerprint density at radius 1 is 1.38 bits per heavy atom. The van der Waals surface area contributed by atoms with Crippen LogP contribution in [0.15, 0.2) is 0 Å². The summed E-state index contributed by atoms with van der Waals surface area (Å²) in [5.74, 6) is 0.743. The van der Waals surface area contributed by atoms with Crippen molar-refractivity contribution < 1.29 is 9.84 Å². The molecular formula is C13H27NO2. The van der Waals surface area contributed by atoms with Crippen LogP contribution in [0.4, 0.5) is 0 Å². The summed E-state index contributed by atoms with van der Waals surface area (Å²) in [5.41, 5.74) is 0. The van der Waals surface area contributed by atoms with Gasteiger partial charge in [-0.25, -0.2) is 0 Å². The van der Waals surface area contributed by atoms with Gasteiger partial charge in [0.15, 0.2) is 0 Å². The van der Waals surface area contributed by atoms with Gasteiger partial charge >= 0.3 is 0 Å². The van der Waals surface area contributed by atoms with Crippen LogP contribution < -0.4 is 0 Å². The van der Waals surface area contributed by atoms with Crippen LogP contribution in [0.5, 0.6) is 0 Å². The van der Waals surface area contributed by atoms with Crippen molar-refractivity contribution in [1.82, 2.24) is 4.90 Å². The number of rotatable bonds is 5. The van der Waals surface area contributed by atoms with Crippen molar-refractivity contribution in [1.29, 1.82) is 0 Å². The number of ether oxygens (including phenoxy) is 1. The van der Waals surface area contributed by atoms with E-state index in [1.54, 1.807) is 0 Å². The molecule has 0 amide bonds. The zero-order chi connectivity index (χ0) is 12.1. The molecule has 1 N–H and O–H groups in total. The predicted molar refractivity (Wildman–Crippen MR) is 66.5 cm³/mol. The number of likely N-dealkylation sites (tertiary alicyclic amines) is 1. The molecule has 0 aliphatic carbocycles. The average Bonchev–Trinajstić information content (AvgIpc) is 2.22. The molecule has 0 bridgehead atoms. The molecule has 3 atom stereocenters.